The van der Waals surface area contributed by atoms with Crippen molar-refractivity contribution in [3.63, 3.8) is 0 Å². The number of amidine groups is 1. The third kappa shape index (κ3) is 2.09. The predicted octanol–water partition coefficient (Wildman–Crippen LogP) is 2.06. The van der Waals surface area contributed by atoms with Crippen molar-refractivity contribution in [3.05, 3.63) is 18.3 Å². The van der Waals surface area contributed by atoms with Crippen LogP contribution in [0.25, 0.3) is 0 Å². The zero-order chi connectivity index (χ0) is 10.7. The molecule has 0 saturated carbocycles. The Bertz CT molecular complexity index is 347. The van der Waals surface area contributed by atoms with Gasteiger partial charge in [-0.1, -0.05) is 0 Å². The highest BCUT2D eigenvalue weighted by molar-refractivity contribution is 5.95. The highest BCUT2D eigenvalue weighted by atomic mass is 16.5. The zero-order valence-corrected chi connectivity index (χ0v) is 8.86. The minimum atomic E-state index is 0.613. The minimum Gasteiger partial charge on any atom is -0.481 e. The molecule has 0 bridgehead atoms. The van der Waals surface area contributed by atoms with E-state index in [0.29, 0.717) is 11.7 Å². The van der Waals surface area contributed by atoms with Crippen molar-refractivity contribution in [2.75, 3.05) is 18.6 Å². The maximum Gasteiger partial charge on any atom is 0.213 e. The molecule has 15 heavy (non-hydrogen) atoms. The van der Waals surface area contributed by atoms with Gasteiger partial charge in [0.25, 0.3) is 0 Å². The number of hydrogen-bond donors (Lipinski definition) is 1. The zero-order valence-electron chi connectivity index (χ0n) is 8.86. The van der Waals surface area contributed by atoms with Gasteiger partial charge in [-0.15, -0.1) is 0 Å². The molecular formula is C11H15N3O. The van der Waals surface area contributed by atoms with E-state index in [1.165, 1.54) is 0 Å². The van der Waals surface area contributed by atoms with Gasteiger partial charge >= 0.3 is 0 Å². The molecule has 1 aromatic heterocycles. The molecule has 0 aliphatic carbocycles. The Hall–Kier alpha value is -1.58. The van der Waals surface area contributed by atoms with Gasteiger partial charge in [-0.2, -0.15) is 0 Å². The van der Waals surface area contributed by atoms with E-state index in [9.17, 15) is 0 Å². The van der Waals surface area contributed by atoms with Crippen LogP contribution in [-0.2, 0) is 0 Å². The third-order valence-electron chi connectivity index (χ3n) is 2.61. The standard InChI is InChI=1S/C11H15N3O/c1-15-11-6-5-9(8-13-11)14-7-3-2-4-10(14)12/h5-6,8,12H,2-4,7H2,1H3. The lowest BCUT2D eigenvalue weighted by Crippen LogP contribution is -2.34. The van der Waals surface area contributed by atoms with E-state index >= 15 is 0 Å². The van der Waals surface area contributed by atoms with Gasteiger partial charge in [0.2, 0.25) is 5.88 Å². The summed E-state index contributed by atoms with van der Waals surface area (Å²) in [5.74, 6) is 1.30. The number of aromatic nitrogens is 1. The Labute approximate surface area is 89.4 Å². The summed E-state index contributed by atoms with van der Waals surface area (Å²) in [5, 5.41) is 7.85. The maximum absolute atomic E-state index is 7.85. The van der Waals surface area contributed by atoms with Crippen LogP contribution in [0.1, 0.15) is 19.3 Å². The number of rotatable bonds is 2. The van der Waals surface area contributed by atoms with E-state index in [2.05, 4.69) is 4.98 Å². The molecule has 0 aromatic carbocycles. The molecule has 0 amide bonds. The van der Waals surface area contributed by atoms with Crippen molar-refractivity contribution in [1.29, 1.82) is 5.41 Å². The fraction of sp³-hybridized carbons (Fsp3) is 0.455. The largest absolute Gasteiger partial charge is 0.481 e. The molecule has 4 nitrogen and oxygen atoms in total. The molecule has 0 unspecified atom stereocenters. The van der Waals surface area contributed by atoms with E-state index < -0.39 is 0 Å². The Morgan fingerprint density at radius 2 is 2.27 bits per heavy atom. The summed E-state index contributed by atoms with van der Waals surface area (Å²) in [5.41, 5.74) is 0.987. The topological polar surface area (TPSA) is 49.2 Å². The molecular weight excluding hydrogens is 190 g/mol. The molecule has 80 valence electrons. The Balaban J connectivity index is 2.17. The lowest BCUT2D eigenvalue weighted by atomic mass is 10.1. The number of anilines is 1. The van der Waals surface area contributed by atoms with Crippen LogP contribution >= 0.6 is 0 Å². The second kappa shape index (κ2) is 4.29. The SMILES string of the molecule is COc1ccc(N2CCCCC2=N)cn1. The van der Waals surface area contributed by atoms with Crippen LogP contribution in [0.3, 0.4) is 0 Å². The lowest BCUT2D eigenvalue weighted by molar-refractivity contribution is 0.398. The van der Waals surface area contributed by atoms with Gasteiger partial charge in [-0.05, 0) is 18.9 Å². The van der Waals surface area contributed by atoms with Gasteiger partial charge < -0.3 is 9.64 Å². The summed E-state index contributed by atoms with van der Waals surface area (Å²) in [6.07, 6.45) is 4.90. The first kappa shape index (κ1) is 9.96. The van der Waals surface area contributed by atoms with E-state index in [-0.39, 0.29) is 0 Å². The first-order valence-electron chi connectivity index (χ1n) is 5.16. The van der Waals surface area contributed by atoms with Crippen LogP contribution in [0.15, 0.2) is 18.3 Å². The highest BCUT2D eigenvalue weighted by Crippen LogP contribution is 2.21. The van der Waals surface area contributed by atoms with Crippen LogP contribution in [0, 0.1) is 5.41 Å². The summed E-state index contributed by atoms with van der Waals surface area (Å²) in [6.45, 7) is 0.923. The summed E-state index contributed by atoms with van der Waals surface area (Å²) >= 11 is 0. The van der Waals surface area contributed by atoms with Crippen molar-refractivity contribution in [2.24, 2.45) is 0 Å². The normalized spacial score (nSPS) is 16.6. The van der Waals surface area contributed by atoms with Crippen molar-refractivity contribution in [2.45, 2.75) is 19.3 Å². The molecule has 0 radical (unpaired) electrons. The van der Waals surface area contributed by atoms with Gasteiger partial charge in [0, 0.05) is 19.0 Å². The van der Waals surface area contributed by atoms with Crippen LogP contribution in [-0.4, -0.2) is 24.5 Å². The van der Waals surface area contributed by atoms with E-state index in [1.54, 1.807) is 13.3 Å². The predicted molar refractivity (Wildman–Crippen MR) is 59.7 cm³/mol. The molecule has 2 heterocycles. The second-order valence-corrected chi connectivity index (χ2v) is 3.61. The summed E-state index contributed by atoms with van der Waals surface area (Å²) in [7, 11) is 1.60. The highest BCUT2D eigenvalue weighted by Gasteiger charge is 2.16. The minimum absolute atomic E-state index is 0.613. The van der Waals surface area contributed by atoms with Gasteiger partial charge in [0.05, 0.1) is 19.0 Å². The van der Waals surface area contributed by atoms with Crippen LogP contribution in [0.5, 0.6) is 5.88 Å². The van der Waals surface area contributed by atoms with Crippen LogP contribution in [0.4, 0.5) is 5.69 Å². The Morgan fingerprint density at radius 3 is 2.87 bits per heavy atom. The number of ether oxygens (including phenoxy) is 1. The molecule has 2 rings (SSSR count). The number of piperidine rings is 1. The average molecular weight is 205 g/mol. The second-order valence-electron chi connectivity index (χ2n) is 3.61. The van der Waals surface area contributed by atoms with E-state index in [1.807, 2.05) is 17.0 Å². The van der Waals surface area contributed by atoms with Gasteiger partial charge in [-0.3, -0.25) is 5.41 Å². The van der Waals surface area contributed by atoms with Crippen molar-refractivity contribution < 1.29 is 4.74 Å². The monoisotopic (exact) mass is 205 g/mol. The third-order valence-corrected chi connectivity index (χ3v) is 2.61. The molecule has 1 aromatic rings. The maximum atomic E-state index is 7.85. The van der Waals surface area contributed by atoms with Gasteiger partial charge in [-0.25, -0.2) is 4.98 Å². The summed E-state index contributed by atoms with van der Waals surface area (Å²) in [4.78, 5) is 6.16. The quantitative estimate of drug-likeness (QED) is 0.804. The summed E-state index contributed by atoms with van der Waals surface area (Å²) < 4.78 is 5.00. The summed E-state index contributed by atoms with van der Waals surface area (Å²) in [6, 6.07) is 3.78. The number of methoxy groups -OCH3 is 1. The van der Waals surface area contributed by atoms with Crippen LogP contribution in [0.2, 0.25) is 0 Å². The van der Waals surface area contributed by atoms with Crippen molar-refractivity contribution in [1.82, 2.24) is 4.98 Å². The van der Waals surface area contributed by atoms with E-state index in [4.69, 9.17) is 10.1 Å². The fourth-order valence-electron chi connectivity index (χ4n) is 1.77. The van der Waals surface area contributed by atoms with Crippen molar-refractivity contribution >= 4 is 11.5 Å². The van der Waals surface area contributed by atoms with Crippen molar-refractivity contribution in [3.8, 4) is 5.88 Å². The molecule has 4 heteroatoms. The van der Waals surface area contributed by atoms with Crippen LogP contribution < -0.4 is 9.64 Å². The number of pyridine rings is 1. The molecule has 0 atom stereocenters. The molecule has 1 N–H and O–H groups in total. The first-order valence-corrected chi connectivity index (χ1v) is 5.16. The molecule has 1 saturated heterocycles. The molecule has 1 fully saturated rings. The van der Waals surface area contributed by atoms with Gasteiger partial charge in [0.1, 0.15) is 5.84 Å². The molecule has 1 aliphatic rings. The molecule has 0 spiro atoms. The lowest BCUT2D eigenvalue weighted by Gasteiger charge is -2.28. The fourth-order valence-corrected chi connectivity index (χ4v) is 1.77. The number of hydrogen-bond acceptors (Lipinski definition) is 3. The first-order chi connectivity index (χ1) is 7.31. The smallest absolute Gasteiger partial charge is 0.213 e. The molecule has 1 aliphatic heterocycles. The number of nitrogens with zero attached hydrogens (tertiary/aromatic N) is 2. The Kier molecular flexibility index (Phi) is 2.85. The average Bonchev–Trinajstić information content (AvgIpc) is 2.30. The van der Waals surface area contributed by atoms with E-state index in [0.717, 1.165) is 31.5 Å². The number of nitrogens with one attached hydrogen (secondary N) is 1. The van der Waals surface area contributed by atoms with Gasteiger partial charge in [0.15, 0.2) is 0 Å². The Morgan fingerprint density at radius 1 is 1.40 bits per heavy atom.